The molecule has 20 heteroatoms. The van der Waals surface area contributed by atoms with Crippen molar-refractivity contribution in [3.05, 3.63) is 11.1 Å². The lowest BCUT2D eigenvalue weighted by atomic mass is 9.03. The molecule has 2 heterocycles. The topological polar surface area (TPSA) is 38.8 Å². The van der Waals surface area contributed by atoms with Crippen LogP contribution in [-0.2, 0) is 11.2 Å². The predicted molar refractivity (Wildman–Crippen MR) is 213 cm³/mol. The summed E-state index contributed by atoms with van der Waals surface area (Å²) >= 11 is 0. The van der Waals surface area contributed by atoms with E-state index in [0.717, 1.165) is 35.4 Å². The minimum Gasteiger partial charge on any atom is -0.493 e. The van der Waals surface area contributed by atoms with Gasteiger partial charge in [-0.15, -0.1) is 10.2 Å². The maximum Gasteiger partial charge on any atom is 0.154 e. The number of hydrogen-bond donors (Lipinski definition) is 0. The third kappa shape index (κ3) is 3.94. The van der Waals surface area contributed by atoms with Crippen LogP contribution in [0.25, 0.3) is 0 Å². The second-order valence-corrected chi connectivity index (χ2v) is 16.5. The third-order valence-corrected chi connectivity index (χ3v) is 12.8. The van der Waals surface area contributed by atoms with E-state index in [9.17, 15) is 0 Å². The van der Waals surface area contributed by atoms with Crippen molar-refractivity contribution in [1.29, 1.82) is 0 Å². The lowest BCUT2D eigenvalue weighted by Gasteiger charge is -2.75. The van der Waals surface area contributed by atoms with Crippen LogP contribution in [0.5, 0.6) is 11.5 Å². The molecule has 0 amide bonds. The van der Waals surface area contributed by atoms with Crippen molar-refractivity contribution in [2.75, 3.05) is 20.8 Å². The van der Waals surface area contributed by atoms with Crippen molar-refractivity contribution in [1.82, 2.24) is 4.90 Å². The second kappa shape index (κ2) is 9.50. The van der Waals surface area contributed by atoms with Crippen LogP contribution in [0.3, 0.4) is 0 Å². The number of piperidine rings is 1. The second-order valence-electron chi connectivity index (χ2n) is 16.5. The van der Waals surface area contributed by atoms with Crippen LogP contribution in [0.2, 0.25) is 31.3 Å². The predicted octanol–water partition coefficient (Wildman–Crippen LogP) is -14.1. The molecular weight excluding hydrogens is 463 g/mol. The highest BCUT2D eigenvalue weighted by Crippen LogP contribution is 2.78. The average Bonchev–Trinajstić information content (AvgIpc) is 2.80. The van der Waals surface area contributed by atoms with Crippen molar-refractivity contribution >= 4 is 142 Å². The molecule has 1 saturated heterocycles. The van der Waals surface area contributed by atoms with Gasteiger partial charge in [0.2, 0.25) is 0 Å². The molecule has 0 aromatic heterocycles. The van der Waals surface area contributed by atoms with E-state index in [0.29, 0.717) is 5.78 Å². The number of methoxy groups -OCH3 is 2. The van der Waals surface area contributed by atoms with Gasteiger partial charge in [0.25, 0.3) is 0 Å². The summed E-state index contributed by atoms with van der Waals surface area (Å²) in [6, 6.07) is -0.0401. The van der Waals surface area contributed by atoms with Gasteiger partial charge in [0.05, 0.1) is 77.0 Å². The normalized spacial score (nSPS) is 25.3. The average molecular weight is 507 g/mol. The maximum absolute atomic E-state index is 15.4. The number of Topliss-reactive ketones (excluding diaryl/α,β-unsaturated/α-hetero) is 1. The number of fused-ring (bicyclic) bond motifs is 3. The Bertz CT molecular complexity index is 1180. The van der Waals surface area contributed by atoms with Crippen molar-refractivity contribution in [2.24, 2.45) is 0 Å². The number of hydrogen-bond acceptors (Lipinski definition) is 4. The SMILES string of the molecule is Bc1c2c(c(B)c(OC)c1OC)C1N(CC2)C(B)(B)C(B)(C(B)(B)C(B)(C(B)(B)B)C(B)(B)B)C(=O)C1(B)B. The number of carbonyl (C=O) groups is 1. The lowest BCUT2D eigenvalue weighted by molar-refractivity contribution is -0.133. The molecule has 2 aliphatic rings. The Morgan fingerprint density at radius 2 is 1.23 bits per heavy atom. The van der Waals surface area contributed by atoms with E-state index >= 15 is 4.79 Å². The minimum absolute atomic E-state index is 0.0266. The molecule has 0 aliphatic carbocycles. The highest BCUT2D eigenvalue weighted by molar-refractivity contribution is 6.74. The summed E-state index contributed by atoms with van der Waals surface area (Å²) in [7, 11) is 40.5. The van der Waals surface area contributed by atoms with Gasteiger partial charge in [0.1, 0.15) is 68.6 Å². The zero-order valence-corrected chi connectivity index (χ0v) is 28.7. The van der Waals surface area contributed by atoms with Crippen LogP contribution in [0.4, 0.5) is 0 Å². The van der Waals surface area contributed by atoms with E-state index in [1.807, 2.05) is 0 Å². The first-order chi connectivity index (χ1) is 17.4. The van der Waals surface area contributed by atoms with Gasteiger partial charge in [0.15, 0.2) is 11.5 Å². The first kappa shape index (κ1) is 33.0. The van der Waals surface area contributed by atoms with E-state index < -0.39 is 15.9 Å². The fourth-order valence-electron chi connectivity index (χ4n) is 9.96. The van der Waals surface area contributed by atoms with E-state index in [4.69, 9.17) is 9.47 Å². The number of ketones is 1. The van der Waals surface area contributed by atoms with E-state index in [1.54, 1.807) is 14.2 Å². The molecule has 4 nitrogen and oxygen atoms in total. The summed E-state index contributed by atoms with van der Waals surface area (Å²) in [6.45, 7) is 0.907. The molecule has 0 saturated carbocycles. The molecule has 0 bridgehead atoms. The maximum atomic E-state index is 15.4. The highest BCUT2D eigenvalue weighted by Gasteiger charge is 2.71. The summed E-state index contributed by atoms with van der Waals surface area (Å²) in [6.07, 6.45) is 0.929. The lowest BCUT2D eigenvalue weighted by Crippen LogP contribution is -2.76. The van der Waals surface area contributed by atoms with Crippen LogP contribution in [-0.4, -0.2) is 162 Å². The Morgan fingerprint density at radius 3 is 1.64 bits per heavy atom. The standard InChI is InChI=1S/C19H43B16NO3/c1-38-9-7(20)5-3-4-36-11(6(5)8(21)10(9)39-2)13(22,23)12(37)14(24,19(36,34)35)16(26,27)15(25,17(28,29)30)18(31,32)33/h11H,3-4,20-35H2,1-2H3. The van der Waals surface area contributed by atoms with Gasteiger partial charge in [-0.25, -0.2) is 0 Å². The Labute approximate surface area is 253 Å². The van der Waals surface area contributed by atoms with Gasteiger partial charge in [-0.3, -0.25) is 0 Å². The van der Waals surface area contributed by atoms with Gasteiger partial charge in [0, 0.05) is 12.6 Å². The molecule has 2 atom stereocenters. The van der Waals surface area contributed by atoms with Crippen molar-refractivity contribution in [3.8, 4) is 11.5 Å². The number of benzene rings is 1. The highest BCUT2D eigenvalue weighted by atomic mass is 16.5. The summed E-state index contributed by atoms with van der Waals surface area (Å²) in [4.78, 5) is 18.1. The zero-order chi connectivity index (χ0) is 30.5. The largest absolute Gasteiger partial charge is 0.493 e. The quantitative estimate of drug-likeness (QED) is 0.360. The summed E-state index contributed by atoms with van der Waals surface area (Å²) in [5, 5.41) is -2.16. The summed E-state index contributed by atoms with van der Waals surface area (Å²) in [5.41, 5.74) is 4.81. The number of ether oxygens (including phenoxy) is 2. The molecule has 2 unspecified atom stereocenters. The Morgan fingerprint density at radius 1 is 0.795 bits per heavy atom. The summed E-state index contributed by atoms with van der Waals surface area (Å²) in [5.74, 6) is 1.97. The number of rotatable bonds is 6. The molecule has 1 aromatic rings. The molecule has 3 rings (SSSR count). The Kier molecular flexibility index (Phi) is 8.04. The fourth-order valence-corrected chi connectivity index (χ4v) is 9.96. The van der Waals surface area contributed by atoms with Gasteiger partial charge >= 0.3 is 0 Å². The number of carbonyl (C=O) groups excluding carboxylic acids is 1. The molecule has 0 radical (unpaired) electrons. The van der Waals surface area contributed by atoms with Crippen LogP contribution in [0, 0.1) is 0 Å². The van der Waals surface area contributed by atoms with Crippen LogP contribution >= 0.6 is 0 Å². The fraction of sp³-hybridized carbons (Fsp3) is 0.632. The zero-order valence-electron chi connectivity index (χ0n) is 28.7. The first-order valence-corrected chi connectivity index (χ1v) is 14.9. The molecule has 1 aromatic carbocycles. The molecular formula is C19H43B16NO3. The molecule has 39 heavy (non-hydrogen) atoms. The third-order valence-electron chi connectivity index (χ3n) is 12.8. The molecule has 0 spiro atoms. The molecule has 2 aliphatic heterocycles. The van der Waals surface area contributed by atoms with Gasteiger partial charge in [-0.1, -0.05) is 10.5 Å². The molecule has 1 fully saturated rings. The first-order valence-electron chi connectivity index (χ1n) is 14.9. The monoisotopic (exact) mass is 509 g/mol. The van der Waals surface area contributed by atoms with Crippen LogP contribution in [0.15, 0.2) is 0 Å². The van der Waals surface area contributed by atoms with Gasteiger partial charge in [-0.2, -0.15) is 0 Å². The van der Waals surface area contributed by atoms with Gasteiger partial charge in [-0.05, 0) is 44.3 Å². The van der Waals surface area contributed by atoms with E-state index in [2.05, 4.69) is 130 Å². The summed E-state index contributed by atoms with van der Waals surface area (Å²) < 4.78 is 11.8. The van der Waals surface area contributed by atoms with Crippen LogP contribution < -0.4 is 20.4 Å². The van der Waals surface area contributed by atoms with Crippen molar-refractivity contribution in [3.63, 3.8) is 0 Å². The Balaban J connectivity index is 2.41. The number of nitrogens with zero attached hydrogens (tertiary/aromatic N) is 1. The van der Waals surface area contributed by atoms with E-state index in [-0.39, 0.29) is 26.8 Å². The molecule has 190 valence electrons. The minimum atomic E-state index is -0.619. The molecule has 0 N–H and O–H groups in total. The van der Waals surface area contributed by atoms with E-state index in [1.165, 1.54) is 11.1 Å². The van der Waals surface area contributed by atoms with Crippen LogP contribution in [0.1, 0.15) is 17.2 Å². The van der Waals surface area contributed by atoms with Crippen molar-refractivity contribution in [2.45, 2.75) is 49.1 Å². The smallest absolute Gasteiger partial charge is 0.154 e. The van der Waals surface area contributed by atoms with Crippen molar-refractivity contribution < 1.29 is 14.3 Å². The Hall–Kier alpha value is -0.511. The van der Waals surface area contributed by atoms with Gasteiger partial charge < -0.3 is 19.2 Å².